The summed E-state index contributed by atoms with van der Waals surface area (Å²) in [6.45, 7) is 2.88. The van der Waals surface area contributed by atoms with Gasteiger partial charge in [-0.1, -0.05) is 28.7 Å². The average molecular weight is 351 g/mol. The van der Waals surface area contributed by atoms with E-state index in [0.717, 1.165) is 24.5 Å². The number of rotatable bonds is 1. The van der Waals surface area contributed by atoms with Gasteiger partial charge in [0, 0.05) is 21.2 Å². The van der Waals surface area contributed by atoms with Crippen LogP contribution in [-0.4, -0.2) is 11.6 Å². The predicted octanol–water partition coefficient (Wildman–Crippen LogP) is 4.32. The number of aryl methyl sites for hydroxylation is 1. The summed E-state index contributed by atoms with van der Waals surface area (Å²) in [5.41, 5.74) is 4.67. The van der Waals surface area contributed by atoms with Crippen molar-refractivity contribution in [3.8, 4) is 17.0 Å². The second-order valence-electron chi connectivity index (χ2n) is 4.58. The molecule has 0 saturated heterocycles. The molecule has 0 N–H and O–H groups in total. The summed E-state index contributed by atoms with van der Waals surface area (Å²) in [7, 11) is 0. The van der Waals surface area contributed by atoms with Gasteiger partial charge < -0.3 is 4.74 Å². The largest absolute Gasteiger partial charge is 0.493 e. The minimum Gasteiger partial charge on any atom is -0.493 e. The minimum absolute atomic E-state index is 0.539. The van der Waals surface area contributed by atoms with Crippen LogP contribution in [0.5, 0.6) is 5.75 Å². The van der Waals surface area contributed by atoms with Gasteiger partial charge >= 0.3 is 0 Å². The van der Waals surface area contributed by atoms with E-state index in [1.807, 2.05) is 6.20 Å². The molecule has 1 aromatic heterocycles. The molecule has 1 aliphatic heterocycles. The minimum atomic E-state index is 0.539. The molecule has 2 nitrogen and oxygen atoms in total. The van der Waals surface area contributed by atoms with Crippen molar-refractivity contribution < 1.29 is 4.74 Å². The molecular formula is C15H14INO. The van der Waals surface area contributed by atoms with Gasteiger partial charge in [-0.05, 0) is 43.2 Å². The molecule has 0 radical (unpaired) electrons. The Morgan fingerprint density at radius 2 is 2.17 bits per heavy atom. The fraction of sp³-hybridized carbons (Fsp3) is 0.267. The molecule has 3 heteroatoms. The Hall–Kier alpha value is -1.10. The highest BCUT2D eigenvalue weighted by atomic mass is 127. The third-order valence-corrected chi connectivity index (χ3v) is 4.48. The molecule has 0 saturated carbocycles. The smallest absolute Gasteiger partial charge is 0.123 e. The van der Waals surface area contributed by atoms with Crippen LogP contribution in [0.4, 0.5) is 0 Å². The highest BCUT2D eigenvalue weighted by Crippen LogP contribution is 2.39. The fourth-order valence-electron chi connectivity index (χ4n) is 2.15. The zero-order chi connectivity index (χ0) is 12.5. The van der Waals surface area contributed by atoms with E-state index in [-0.39, 0.29) is 0 Å². The number of alkyl halides is 1. The molecular weight excluding hydrogens is 337 g/mol. The Labute approximate surface area is 121 Å². The molecule has 1 aromatic carbocycles. The summed E-state index contributed by atoms with van der Waals surface area (Å²) in [4.78, 5) is 4.48. The summed E-state index contributed by atoms with van der Waals surface area (Å²) in [5.74, 6) is 1.02. The number of aromatic nitrogens is 1. The number of nitrogens with zero attached hydrogens (tertiary/aromatic N) is 1. The van der Waals surface area contributed by atoms with E-state index in [2.05, 4.69) is 64.8 Å². The molecule has 3 rings (SSSR count). The van der Waals surface area contributed by atoms with Crippen molar-refractivity contribution >= 4 is 22.6 Å². The topological polar surface area (TPSA) is 22.1 Å². The zero-order valence-corrected chi connectivity index (χ0v) is 12.3. The number of pyridine rings is 1. The Morgan fingerprint density at radius 1 is 1.28 bits per heavy atom. The Bertz CT molecular complexity index is 565. The van der Waals surface area contributed by atoms with Gasteiger partial charge in [-0.25, -0.2) is 0 Å². The second kappa shape index (κ2) is 4.88. The average Bonchev–Trinajstić information content (AvgIpc) is 2.40. The third kappa shape index (κ3) is 2.23. The Balaban J connectivity index is 2.03. The quantitative estimate of drug-likeness (QED) is 0.564. The maximum Gasteiger partial charge on any atom is 0.123 e. The highest BCUT2D eigenvalue weighted by Gasteiger charge is 2.19. The maximum atomic E-state index is 5.68. The molecule has 0 fully saturated rings. The predicted molar refractivity (Wildman–Crippen MR) is 81.3 cm³/mol. The Kier molecular flexibility index (Phi) is 3.24. The molecule has 92 valence electrons. The molecule has 0 aliphatic carbocycles. The first-order chi connectivity index (χ1) is 8.74. The van der Waals surface area contributed by atoms with Gasteiger partial charge in [-0.15, -0.1) is 0 Å². The van der Waals surface area contributed by atoms with Crippen molar-refractivity contribution in [2.75, 3.05) is 6.61 Å². The van der Waals surface area contributed by atoms with E-state index in [0.29, 0.717) is 3.92 Å². The van der Waals surface area contributed by atoms with Crippen LogP contribution in [0, 0.1) is 6.92 Å². The van der Waals surface area contributed by atoms with Gasteiger partial charge in [0.25, 0.3) is 0 Å². The molecule has 1 atom stereocenters. The van der Waals surface area contributed by atoms with E-state index in [1.165, 1.54) is 16.7 Å². The van der Waals surface area contributed by atoms with Gasteiger partial charge in [0.1, 0.15) is 5.75 Å². The summed E-state index contributed by atoms with van der Waals surface area (Å²) in [6.07, 6.45) is 2.99. The van der Waals surface area contributed by atoms with Crippen LogP contribution in [0.3, 0.4) is 0 Å². The number of fused-ring (bicyclic) bond motifs is 1. The number of hydrogen-bond acceptors (Lipinski definition) is 2. The zero-order valence-electron chi connectivity index (χ0n) is 10.2. The van der Waals surface area contributed by atoms with Crippen molar-refractivity contribution in [1.82, 2.24) is 4.98 Å². The fourth-order valence-corrected chi connectivity index (χ4v) is 2.89. The van der Waals surface area contributed by atoms with Crippen molar-refractivity contribution in [2.24, 2.45) is 0 Å². The lowest BCUT2D eigenvalue weighted by Gasteiger charge is -2.22. The standard InChI is InChI=1S/C15H14INO/c1-10-2-4-14(17-9-10)11-3-5-15-12(8-11)13(16)6-7-18-15/h2-5,8-9,13H,6-7H2,1H3. The third-order valence-electron chi connectivity index (χ3n) is 3.18. The maximum absolute atomic E-state index is 5.68. The SMILES string of the molecule is Cc1ccc(-c2ccc3c(c2)C(I)CCO3)nc1. The number of benzene rings is 1. The van der Waals surface area contributed by atoms with Crippen LogP contribution in [0.15, 0.2) is 36.5 Å². The monoisotopic (exact) mass is 351 g/mol. The number of ether oxygens (including phenoxy) is 1. The van der Waals surface area contributed by atoms with Crippen LogP contribution in [-0.2, 0) is 0 Å². The van der Waals surface area contributed by atoms with Gasteiger partial charge in [0.15, 0.2) is 0 Å². The van der Waals surface area contributed by atoms with Crippen LogP contribution < -0.4 is 4.74 Å². The number of hydrogen-bond donors (Lipinski definition) is 0. The van der Waals surface area contributed by atoms with Crippen molar-refractivity contribution in [3.63, 3.8) is 0 Å². The van der Waals surface area contributed by atoms with Gasteiger partial charge in [0.05, 0.1) is 12.3 Å². The lowest BCUT2D eigenvalue weighted by Crippen LogP contribution is -2.10. The van der Waals surface area contributed by atoms with Crippen LogP contribution >= 0.6 is 22.6 Å². The van der Waals surface area contributed by atoms with E-state index in [9.17, 15) is 0 Å². The van der Waals surface area contributed by atoms with Crippen molar-refractivity contribution in [2.45, 2.75) is 17.3 Å². The van der Waals surface area contributed by atoms with Gasteiger partial charge in [0.2, 0.25) is 0 Å². The summed E-state index contributed by atoms with van der Waals surface area (Å²) < 4.78 is 6.22. The lowest BCUT2D eigenvalue weighted by molar-refractivity contribution is 0.289. The van der Waals surface area contributed by atoms with E-state index < -0.39 is 0 Å². The van der Waals surface area contributed by atoms with Gasteiger partial charge in [-0.3, -0.25) is 4.98 Å². The molecule has 0 amide bonds. The normalized spacial score (nSPS) is 18.0. The van der Waals surface area contributed by atoms with E-state index in [1.54, 1.807) is 0 Å². The van der Waals surface area contributed by atoms with Crippen LogP contribution in [0.1, 0.15) is 21.5 Å². The lowest BCUT2D eigenvalue weighted by atomic mass is 10.0. The van der Waals surface area contributed by atoms with Crippen molar-refractivity contribution in [1.29, 1.82) is 0 Å². The molecule has 1 unspecified atom stereocenters. The van der Waals surface area contributed by atoms with E-state index >= 15 is 0 Å². The highest BCUT2D eigenvalue weighted by molar-refractivity contribution is 14.1. The van der Waals surface area contributed by atoms with E-state index in [4.69, 9.17) is 4.74 Å². The Morgan fingerprint density at radius 3 is 2.94 bits per heavy atom. The first-order valence-corrected chi connectivity index (χ1v) is 7.32. The molecule has 0 bridgehead atoms. The summed E-state index contributed by atoms with van der Waals surface area (Å²) in [5, 5.41) is 0. The molecule has 18 heavy (non-hydrogen) atoms. The molecule has 1 aliphatic rings. The summed E-state index contributed by atoms with van der Waals surface area (Å²) >= 11 is 2.49. The molecule has 2 heterocycles. The molecule has 2 aromatic rings. The van der Waals surface area contributed by atoms with Gasteiger partial charge in [-0.2, -0.15) is 0 Å². The van der Waals surface area contributed by atoms with Crippen LogP contribution in [0.2, 0.25) is 0 Å². The first-order valence-electron chi connectivity index (χ1n) is 6.08. The summed E-state index contributed by atoms with van der Waals surface area (Å²) in [6, 6.07) is 10.5. The first kappa shape index (κ1) is 12.0. The molecule has 0 spiro atoms. The number of halogens is 1. The van der Waals surface area contributed by atoms with Crippen LogP contribution in [0.25, 0.3) is 11.3 Å². The van der Waals surface area contributed by atoms with Crippen molar-refractivity contribution in [3.05, 3.63) is 47.7 Å². The second-order valence-corrected chi connectivity index (χ2v) is 6.08.